The first-order valence-corrected chi connectivity index (χ1v) is 11.9. The maximum Gasteiger partial charge on any atom is 0.337 e. The summed E-state index contributed by atoms with van der Waals surface area (Å²) in [6, 6.07) is 18.2. The summed E-state index contributed by atoms with van der Waals surface area (Å²) in [5.41, 5.74) is 3.66. The molecule has 1 N–H and O–H groups in total. The van der Waals surface area contributed by atoms with Crippen LogP contribution in [0.5, 0.6) is 0 Å². The number of esters is 1. The predicted molar refractivity (Wildman–Crippen MR) is 131 cm³/mol. The summed E-state index contributed by atoms with van der Waals surface area (Å²) in [5, 5.41) is 4.39. The van der Waals surface area contributed by atoms with Gasteiger partial charge in [0.1, 0.15) is 0 Å². The van der Waals surface area contributed by atoms with Crippen LogP contribution in [0.2, 0.25) is 0 Å². The monoisotopic (exact) mass is 460 g/mol. The Labute approximate surface area is 199 Å². The molecule has 1 aliphatic heterocycles. The second-order valence-electron chi connectivity index (χ2n) is 8.67. The molecule has 3 heterocycles. The first-order valence-electron chi connectivity index (χ1n) is 11.5. The lowest BCUT2D eigenvalue weighted by Gasteiger charge is -2.37. The summed E-state index contributed by atoms with van der Waals surface area (Å²) in [6.45, 7) is 0. The number of benzene rings is 1. The number of nitrogens with zero attached hydrogens (tertiary/aromatic N) is 3. The van der Waals surface area contributed by atoms with E-state index in [4.69, 9.17) is 17.0 Å². The maximum absolute atomic E-state index is 11.9. The molecule has 7 heteroatoms. The van der Waals surface area contributed by atoms with Crippen molar-refractivity contribution in [2.75, 3.05) is 7.11 Å². The molecule has 0 radical (unpaired) electrons. The van der Waals surface area contributed by atoms with Crippen LogP contribution in [0.25, 0.3) is 5.69 Å². The maximum atomic E-state index is 11.9. The van der Waals surface area contributed by atoms with Gasteiger partial charge in [-0.05, 0) is 73.6 Å². The van der Waals surface area contributed by atoms with Crippen molar-refractivity contribution < 1.29 is 9.53 Å². The highest BCUT2D eigenvalue weighted by atomic mass is 32.1. The summed E-state index contributed by atoms with van der Waals surface area (Å²) in [7, 11) is 1.40. The fourth-order valence-corrected chi connectivity index (χ4v) is 5.57. The largest absolute Gasteiger partial charge is 0.465 e. The molecule has 3 aromatic rings. The molecule has 33 heavy (non-hydrogen) atoms. The third kappa shape index (κ3) is 4.13. The summed E-state index contributed by atoms with van der Waals surface area (Å²) in [5.74, 6) is -0.335. The summed E-state index contributed by atoms with van der Waals surface area (Å²) in [6.07, 6.45) is 9.98. The van der Waals surface area contributed by atoms with Crippen LogP contribution >= 0.6 is 12.2 Å². The van der Waals surface area contributed by atoms with Crippen LogP contribution < -0.4 is 5.32 Å². The predicted octanol–water partition coefficient (Wildman–Crippen LogP) is 4.96. The molecule has 0 unspecified atom stereocenters. The van der Waals surface area contributed by atoms with Gasteiger partial charge in [-0.1, -0.05) is 25.3 Å². The molecule has 1 saturated heterocycles. The minimum absolute atomic E-state index is 0.0192. The quantitative estimate of drug-likeness (QED) is 0.429. The van der Waals surface area contributed by atoms with Gasteiger partial charge in [-0.3, -0.25) is 4.98 Å². The van der Waals surface area contributed by atoms with Crippen molar-refractivity contribution >= 4 is 23.3 Å². The summed E-state index contributed by atoms with van der Waals surface area (Å²) in [4.78, 5) is 19.0. The van der Waals surface area contributed by atoms with E-state index in [9.17, 15) is 4.79 Å². The van der Waals surface area contributed by atoms with Gasteiger partial charge in [-0.2, -0.15) is 0 Å². The van der Waals surface area contributed by atoms with E-state index < -0.39 is 0 Å². The summed E-state index contributed by atoms with van der Waals surface area (Å²) < 4.78 is 7.03. The van der Waals surface area contributed by atoms with E-state index in [1.807, 2.05) is 30.5 Å². The topological polar surface area (TPSA) is 59.4 Å². The highest BCUT2D eigenvalue weighted by Crippen LogP contribution is 2.43. The lowest BCUT2D eigenvalue weighted by Crippen LogP contribution is -2.40. The first-order chi connectivity index (χ1) is 16.2. The molecule has 0 amide bonds. The Morgan fingerprint density at radius 2 is 1.85 bits per heavy atom. The number of nitrogens with one attached hydrogen (secondary N) is 1. The van der Waals surface area contributed by atoms with Crippen molar-refractivity contribution in [2.45, 2.75) is 50.2 Å². The first kappa shape index (κ1) is 21.6. The Morgan fingerprint density at radius 1 is 1.06 bits per heavy atom. The third-order valence-corrected chi connectivity index (χ3v) is 7.08. The number of aromatic nitrogens is 2. The molecule has 6 nitrogen and oxygen atoms in total. The van der Waals surface area contributed by atoms with Crippen LogP contribution in [0.15, 0.2) is 67.0 Å². The SMILES string of the molecule is COC(=O)c1ccc(-n2cccc2[C@@H]2[C@H](c3ccccn3)NC(=S)N2C2CCCCC2)cc1. The number of methoxy groups -OCH3 is 1. The van der Waals surface area contributed by atoms with Gasteiger partial charge in [0.25, 0.3) is 0 Å². The van der Waals surface area contributed by atoms with Crippen LogP contribution in [0, 0.1) is 0 Å². The van der Waals surface area contributed by atoms with Gasteiger partial charge in [-0.15, -0.1) is 0 Å². The average Bonchev–Trinajstić information content (AvgIpc) is 3.49. The highest BCUT2D eigenvalue weighted by Gasteiger charge is 2.44. The van der Waals surface area contributed by atoms with Gasteiger partial charge in [0.15, 0.2) is 5.11 Å². The van der Waals surface area contributed by atoms with Crippen molar-refractivity contribution in [2.24, 2.45) is 0 Å². The molecule has 1 saturated carbocycles. The number of pyridine rings is 1. The van der Waals surface area contributed by atoms with Gasteiger partial charge >= 0.3 is 5.97 Å². The fraction of sp³-hybridized carbons (Fsp3) is 0.346. The van der Waals surface area contributed by atoms with Gasteiger partial charge in [0.2, 0.25) is 0 Å². The molecule has 0 bridgehead atoms. The van der Waals surface area contributed by atoms with Gasteiger partial charge in [0, 0.05) is 29.8 Å². The van der Waals surface area contributed by atoms with Crippen LogP contribution in [0.4, 0.5) is 0 Å². The van der Waals surface area contributed by atoms with Crippen LogP contribution in [0.3, 0.4) is 0 Å². The van der Waals surface area contributed by atoms with E-state index in [0.717, 1.165) is 35.0 Å². The molecule has 2 aliphatic rings. The zero-order chi connectivity index (χ0) is 22.8. The molecular weight excluding hydrogens is 432 g/mol. The number of carbonyl (C=O) groups excluding carboxylic acids is 1. The Morgan fingerprint density at radius 3 is 2.55 bits per heavy atom. The molecule has 170 valence electrons. The third-order valence-electron chi connectivity index (χ3n) is 6.75. The minimum Gasteiger partial charge on any atom is -0.465 e. The van der Waals surface area contributed by atoms with Crippen molar-refractivity contribution in [1.29, 1.82) is 0 Å². The van der Waals surface area contributed by atoms with E-state index in [1.54, 1.807) is 12.1 Å². The molecule has 2 fully saturated rings. The van der Waals surface area contributed by atoms with Gasteiger partial charge in [0.05, 0.1) is 30.5 Å². The molecule has 2 atom stereocenters. The van der Waals surface area contributed by atoms with Crippen LogP contribution in [-0.4, -0.2) is 38.7 Å². The van der Waals surface area contributed by atoms with Crippen LogP contribution in [-0.2, 0) is 4.74 Å². The van der Waals surface area contributed by atoms with Gasteiger partial charge in [-0.25, -0.2) is 4.79 Å². The van der Waals surface area contributed by atoms with E-state index in [1.165, 1.54) is 26.4 Å². The fourth-order valence-electron chi connectivity index (χ4n) is 5.18. The van der Waals surface area contributed by atoms with E-state index >= 15 is 0 Å². The molecule has 2 aromatic heterocycles. The van der Waals surface area contributed by atoms with Crippen molar-refractivity contribution in [3.8, 4) is 5.69 Å². The Bertz CT molecular complexity index is 1120. The molecule has 0 spiro atoms. The number of ether oxygens (including phenoxy) is 1. The lowest BCUT2D eigenvalue weighted by molar-refractivity contribution is 0.0600. The Hall–Kier alpha value is -3.19. The Balaban J connectivity index is 1.56. The lowest BCUT2D eigenvalue weighted by atomic mass is 9.92. The zero-order valence-corrected chi connectivity index (χ0v) is 19.5. The molecule has 1 aliphatic carbocycles. The molecule has 5 rings (SSSR count). The minimum atomic E-state index is -0.335. The second kappa shape index (κ2) is 9.35. The van der Waals surface area contributed by atoms with Crippen molar-refractivity contribution in [3.63, 3.8) is 0 Å². The molecule has 1 aromatic carbocycles. The average molecular weight is 461 g/mol. The molecular formula is C26H28N4O2S. The number of hydrogen-bond donors (Lipinski definition) is 1. The van der Waals surface area contributed by atoms with Gasteiger partial charge < -0.3 is 19.5 Å². The second-order valence-corrected chi connectivity index (χ2v) is 9.05. The van der Waals surface area contributed by atoms with E-state index in [0.29, 0.717) is 11.6 Å². The number of thiocarbonyl (C=S) groups is 1. The summed E-state index contributed by atoms with van der Waals surface area (Å²) >= 11 is 5.89. The highest BCUT2D eigenvalue weighted by molar-refractivity contribution is 7.80. The number of rotatable bonds is 5. The van der Waals surface area contributed by atoms with E-state index in [2.05, 4.69) is 44.2 Å². The van der Waals surface area contributed by atoms with E-state index in [-0.39, 0.29) is 18.1 Å². The smallest absolute Gasteiger partial charge is 0.337 e. The standard InChI is InChI=1S/C26H28N4O2S/c1-32-25(31)18-12-14-19(15-13-18)29-17-7-11-22(29)24-23(21-10-5-6-16-27-21)28-26(33)30(24)20-8-3-2-4-9-20/h5-7,10-17,20,23-24H,2-4,8-9H2,1H3,(H,28,33)/t23-,24+/m0/s1. The van der Waals surface area contributed by atoms with Crippen molar-refractivity contribution in [3.05, 3.63) is 83.9 Å². The zero-order valence-electron chi connectivity index (χ0n) is 18.7. The normalized spacial score (nSPS) is 21.1. The van der Waals surface area contributed by atoms with Crippen molar-refractivity contribution in [1.82, 2.24) is 19.8 Å². The number of carbonyl (C=O) groups is 1. The van der Waals surface area contributed by atoms with Crippen LogP contribution in [0.1, 0.15) is 65.9 Å². The number of hydrogen-bond acceptors (Lipinski definition) is 4. The Kier molecular flexibility index (Phi) is 6.13.